The largest absolute Gasteiger partial charge is 0.465 e. The number of fused-ring (bicyclic) bond motifs is 1. The molecule has 0 unspecified atom stereocenters. The Bertz CT molecular complexity index is 1040. The number of anilines is 2. The predicted octanol–water partition coefficient (Wildman–Crippen LogP) is 4.59. The van der Waals surface area contributed by atoms with E-state index in [9.17, 15) is 4.79 Å². The normalized spacial score (nSPS) is 10.8. The molecule has 1 aromatic carbocycles. The second-order valence-electron chi connectivity index (χ2n) is 5.38. The Morgan fingerprint density at radius 2 is 1.96 bits per heavy atom. The first-order valence-electron chi connectivity index (χ1n) is 7.73. The van der Waals surface area contributed by atoms with Gasteiger partial charge in [0.1, 0.15) is 17.2 Å². The van der Waals surface area contributed by atoms with Gasteiger partial charge in [-0.1, -0.05) is 24.3 Å². The smallest absolute Gasteiger partial charge is 0.339 e. The summed E-state index contributed by atoms with van der Waals surface area (Å²) in [5.74, 6) is 0.434. The van der Waals surface area contributed by atoms with E-state index >= 15 is 0 Å². The minimum Gasteiger partial charge on any atom is -0.465 e. The van der Waals surface area contributed by atoms with Crippen LogP contribution in [0.5, 0.6) is 0 Å². The number of methoxy groups -OCH3 is 1. The highest BCUT2D eigenvalue weighted by Gasteiger charge is 2.18. The molecule has 5 nitrogen and oxygen atoms in total. The fraction of sp³-hybridized carbons (Fsp3) is 0.0526. The van der Waals surface area contributed by atoms with Gasteiger partial charge in [-0.2, -0.15) is 0 Å². The lowest BCUT2D eigenvalue weighted by atomic mass is 10.1. The number of thiophene rings is 1. The quantitative estimate of drug-likeness (QED) is 0.547. The number of benzene rings is 1. The van der Waals surface area contributed by atoms with E-state index in [-0.39, 0.29) is 5.97 Å². The lowest BCUT2D eigenvalue weighted by molar-refractivity contribution is 0.0602. The molecule has 4 aromatic rings. The van der Waals surface area contributed by atoms with Crippen molar-refractivity contribution in [2.75, 3.05) is 12.4 Å². The SMILES string of the molecule is COC(=O)c1ccccc1Nc1c(-c2cccs2)nc2ccccn12. The van der Waals surface area contributed by atoms with Gasteiger partial charge in [-0.3, -0.25) is 4.40 Å². The summed E-state index contributed by atoms with van der Waals surface area (Å²) in [5.41, 5.74) is 2.84. The average molecular weight is 349 g/mol. The molecular formula is C19H15N3O2S. The van der Waals surface area contributed by atoms with Crippen LogP contribution < -0.4 is 5.32 Å². The minimum absolute atomic E-state index is 0.380. The second-order valence-corrected chi connectivity index (χ2v) is 6.33. The van der Waals surface area contributed by atoms with Gasteiger partial charge in [-0.25, -0.2) is 9.78 Å². The molecule has 0 saturated heterocycles. The zero-order valence-corrected chi connectivity index (χ0v) is 14.3. The van der Waals surface area contributed by atoms with Gasteiger partial charge in [0, 0.05) is 6.20 Å². The Kier molecular flexibility index (Phi) is 3.95. The molecule has 0 saturated carbocycles. The third kappa shape index (κ3) is 2.77. The lowest BCUT2D eigenvalue weighted by Crippen LogP contribution is -2.06. The van der Waals surface area contributed by atoms with E-state index in [1.165, 1.54) is 7.11 Å². The number of para-hydroxylation sites is 1. The van der Waals surface area contributed by atoms with Gasteiger partial charge in [-0.15, -0.1) is 11.3 Å². The third-order valence-electron chi connectivity index (χ3n) is 3.87. The number of carbonyl (C=O) groups is 1. The Morgan fingerprint density at radius 3 is 2.76 bits per heavy atom. The zero-order chi connectivity index (χ0) is 17.2. The maximum Gasteiger partial charge on any atom is 0.339 e. The fourth-order valence-electron chi connectivity index (χ4n) is 2.71. The van der Waals surface area contributed by atoms with Gasteiger partial charge in [-0.05, 0) is 35.7 Å². The topological polar surface area (TPSA) is 55.6 Å². The summed E-state index contributed by atoms with van der Waals surface area (Å²) in [7, 11) is 1.38. The van der Waals surface area contributed by atoms with Gasteiger partial charge in [0.15, 0.2) is 0 Å². The first-order valence-corrected chi connectivity index (χ1v) is 8.61. The maximum atomic E-state index is 12.1. The lowest BCUT2D eigenvalue weighted by Gasteiger charge is -2.11. The van der Waals surface area contributed by atoms with E-state index in [1.54, 1.807) is 17.4 Å². The second kappa shape index (κ2) is 6.41. The third-order valence-corrected chi connectivity index (χ3v) is 4.75. The Hall–Kier alpha value is -3.12. The van der Waals surface area contributed by atoms with Crippen LogP contribution in [0.3, 0.4) is 0 Å². The molecule has 4 rings (SSSR count). The van der Waals surface area contributed by atoms with Gasteiger partial charge in [0.2, 0.25) is 0 Å². The average Bonchev–Trinajstić information content (AvgIpc) is 3.30. The molecule has 0 aliphatic rings. The van der Waals surface area contributed by atoms with Gasteiger partial charge < -0.3 is 10.1 Å². The fourth-order valence-corrected chi connectivity index (χ4v) is 3.42. The highest BCUT2D eigenvalue weighted by Crippen LogP contribution is 2.34. The molecule has 0 atom stereocenters. The van der Waals surface area contributed by atoms with E-state index in [0.717, 1.165) is 22.0 Å². The van der Waals surface area contributed by atoms with Crippen molar-refractivity contribution in [2.45, 2.75) is 0 Å². The molecule has 0 radical (unpaired) electrons. The Balaban J connectivity index is 1.88. The van der Waals surface area contributed by atoms with Crippen LogP contribution in [0.4, 0.5) is 11.5 Å². The van der Waals surface area contributed by atoms with Crippen LogP contribution in [-0.2, 0) is 4.74 Å². The molecule has 3 heterocycles. The number of esters is 1. The van der Waals surface area contributed by atoms with Crippen molar-refractivity contribution < 1.29 is 9.53 Å². The summed E-state index contributed by atoms with van der Waals surface area (Å²) in [6.07, 6.45) is 1.95. The van der Waals surface area contributed by atoms with Crippen molar-refractivity contribution in [3.63, 3.8) is 0 Å². The van der Waals surface area contributed by atoms with Crippen molar-refractivity contribution in [1.82, 2.24) is 9.38 Å². The van der Waals surface area contributed by atoms with Crippen LogP contribution in [0, 0.1) is 0 Å². The Labute approximate surface area is 148 Å². The minimum atomic E-state index is -0.380. The number of nitrogens with zero attached hydrogens (tertiary/aromatic N) is 2. The van der Waals surface area contributed by atoms with Crippen molar-refractivity contribution >= 4 is 34.5 Å². The summed E-state index contributed by atoms with van der Waals surface area (Å²) >= 11 is 1.62. The molecule has 25 heavy (non-hydrogen) atoms. The molecule has 0 amide bonds. The number of aromatic nitrogens is 2. The molecule has 0 aliphatic heterocycles. The van der Waals surface area contributed by atoms with Crippen LogP contribution in [-0.4, -0.2) is 22.5 Å². The monoisotopic (exact) mass is 349 g/mol. The maximum absolute atomic E-state index is 12.1. The predicted molar refractivity (Wildman–Crippen MR) is 99.6 cm³/mol. The molecule has 0 fully saturated rings. The summed E-state index contributed by atoms with van der Waals surface area (Å²) in [4.78, 5) is 17.9. The molecule has 0 spiro atoms. The molecule has 6 heteroatoms. The van der Waals surface area contributed by atoms with Crippen LogP contribution in [0.25, 0.3) is 16.2 Å². The number of carbonyl (C=O) groups excluding carboxylic acids is 1. The van der Waals surface area contributed by atoms with Crippen LogP contribution in [0.2, 0.25) is 0 Å². The van der Waals surface area contributed by atoms with Crippen molar-refractivity contribution in [3.05, 3.63) is 71.7 Å². The number of hydrogen-bond acceptors (Lipinski definition) is 5. The van der Waals surface area contributed by atoms with Gasteiger partial charge in [0.25, 0.3) is 0 Å². The highest BCUT2D eigenvalue weighted by molar-refractivity contribution is 7.13. The molecule has 1 N–H and O–H groups in total. The van der Waals surface area contributed by atoms with Crippen LogP contribution >= 0.6 is 11.3 Å². The van der Waals surface area contributed by atoms with Crippen LogP contribution in [0.1, 0.15) is 10.4 Å². The summed E-state index contributed by atoms with van der Waals surface area (Å²) in [6.45, 7) is 0. The van der Waals surface area contributed by atoms with E-state index in [1.807, 2.05) is 64.5 Å². The summed E-state index contributed by atoms with van der Waals surface area (Å²) < 4.78 is 6.86. The summed E-state index contributed by atoms with van der Waals surface area (Å²) in [6, 6.07) is 17.2. The first-order chi connectivity index (χ1) is 12.3. The molecule has 124 valence electrons. The van der Waals surface area contributed by atoms with Gasteiger partial charge >= 0.3 is 5.97 Å². The molecule has 3 aromatic heterocycles. The zero-order valence-electron chi connectivity index (χ0n) is 13.5. The summed E-state index contributed by atoms with van der Waals surface area (Å²) in [5, 5.41) is 5.39. The number of imidazole rings is 1. The van der Waals surface area contributed by atoms with E-state index < -0.39 is 0 Å². The van der Waals surface area contributed by atoms with E-state index in [0.29, 0.717) is 11.3 Å². The molecule has 0 aliphatic carbocycles. The number of ether oxygens (including phenoxy) is 1. The van der Waals surface area contributed by atoms with E-state index in [4.69, 9.17) is 9.72 Å². The first kappa shape index (κ1) is 15.4. The van der Waals surface area contributed by atoms with Crippen molar-refractivity contribution in [3.8, 4) is 10.6 Å². The molecule has 0 bridgehead atoms. The van der Waals surface area contributed by atoms with Crippen molar-refractivity contribution in [1.29, 1.82) is 0 Å². The highest BCUT2D eigenvalue weighted by atomic mass is 32.1. The Morgan fingerprint density at radius 1 is 1.12 bits per heavy atom. The standard InChI is InChI=1S/C19H15N3O2S/c1-24-19(23)13-7-2-3-8-14(13)20-18-17(15-9-6-12-25-15)21-16-10-4-5-11-22(16)18/h2-12,20H,1H3. The number of pyridine rings is 1. The van der Waals surface area contributed by atoms with Crippen LogP contribution in [0.15, 0.2) is 66.2 Å². The van der Waals surface area contributed by atoms with Crippen molar-refractivity contribution in [2.24, 2.45) is 0 Å². The number of nitrogens with one attached hydrogen (secondary N) is 1. The number of rotatable bonds is 4. The van der Waals surface area contributed by atoms with E-state index in [2.05, 4.69) is 5.32 Å². The molecular weight excluding hydrogens is 334 g/mol. The number of hydrogen-bond donors (Lipinski definition) is 1. The van der Waals surface area contributed by atoms with Gasteiger partial charge in [0.05, 0.1) is 23.2 Å².